The third kappa shape index (κ3) is 26.0. The van der Waals surface area contributed by atoms with Gasteiger partial charge in [-0.2, -0.15) is 0 Å². The van der Waals surface area contributed by atoms with Gasteiger partial charge in [0, 0.05) is 0 Å². The molecular weight excluding hydrogens is 360 g/mol. The maximum Gasteiger partial charge on any atom is -0.0272 e. The van der Waals surface area contributed by atoms with Crippen LogP contribution in [-0.4, -0.2) is 0 Å². The van der Waals surface area contributed by atoms with E-state index in [2.05, 4.69) is 20.8 Å². The lowest BCUT2D eigenvalue weighted by Gasteiger charge is -2.10. The molecule has 0 aliphatic carbocycles. The molecule has 181 valence electrons. The average molecular weight is 422 g/mol. The number of rotatable bonds is 26. The van der Waals surface area contributed by atoms with Crippen molar-refractivity contribution >= 4 is 0 Å². The highest BCUT2D eigenvalue weighted by Crippen LogP contribution is 2.20. The van der Waals surface area contributed by atoms with Crippen molar-refractivity contribution in [2.45, 2.75) is 188 Å². The highest BCUT2D eigenvalue weighted by molar-refractivity contribution is 4.83. The second kappa shape index (κ2) is 27.0. The molecule has 0 aromatic rings. The summed E-state index contributed by atoms with van der Waals surface area (Å²) in [6.07, 6.45) is 37.9. The van der Waals surface area contributed by atoms with Gasteiger partial charge in [0.25, 0.3) is 0 Å². The second-order valence-electron chi connectivity index (χ2n) is 10.2. The van der Waals surface area contributed by atoms with Crippen LogP contribution in [-0.2, 0) is 0 Å². The lowest BCUT2D eigenvalue weighted by Crippen LogP contribution is -1.93. The van der Waals surface area contributed by atoms with Gasteiger partial charge in [-0.3, -0.25) is 0 Å². The van der Waals surface area contributed by atoms with E-state index in [1.807, 2.05) is 0 Å². The first-order chi connectivity index (χ1) is 14.8. The summed E-state index contributed by atoms with van der Waals surface area (Å²) in [5, 5.41) is 0. The van der Waals surface area contributed by atoms with Gasteiger partial charge in [-0.25, -0.2) is 0 Å². The van der Waals surface area contributed by atoms with Gasteiger partial charge in [-0.05, 0) is 18.8 Å². The first kappa shape index (κ1) is 30.0. The first-order valence-electron chi connectivity index (χ1n) is 14.6. The number of hydrogen-bond donors (Lipinski definition) is 0. The maximum atomic E-state index is 2.41. The molecule has 0 saturated heterocycles. The summed E-state index contributed by atoms with van der Waals surface area (Å²) in [4.78, 5) is 0. The van der Waals surface area contributed by atoms with Gasteiger partial charge >= 0.3 is 0 Å². The van der Waals surface area contributed by atoms with E-state index in [-0.39, 0.29) is 0 Å². The Morgan fingerprint density at radius 3 is 0.733 bits per heavy atom. The summed E-state index contributed by atoms with van der Waals surface area (Å²) in [5.41, 5.74) is 0. The zero-order chi connectivity index (χ0) is 22.0. The Morgan fingerprint density at radius 2 is 0.500 bits per heavy atom. The van der Waals surface area contributed by atoms with Crippen LogP contribution >= 0.6 is 0 Å². The summed E-state index contributed by atoms with van der Waals surface area (Å²) in [6.45, 7) is 7.02. The van der Waals surface area contributed by atoms with E-state index in [9.17, 15) is 0 Å². The fourth-order valence-corrected chi connectivity index (χ4v) is 4.66. The molecule has 0 nitrogen and oxygen atoms in total. The zero-order valence-corrected chi connectivity index (χ0v) is 21.9. The Morgan fingerprint density at radius 1 is 0.300 bits per heavy atom. The third-order valence-corrected chi connectivity index (χ3v) is 6.91. The molecule has 1 radical (unpaired) electrons. The summed E-state index contributed by atoms with van der Waals surface area (Å²) in [5.74, 6) is 1.77. The number of hydrogen-bond acceptors (Lipinski definition) is 0. The van der Waals surface area contributed by atoms with Crippen LogP contribution < -0.4 is 0 Å². The van der Waals surface area contributed by atoms with E-state index in [0.717, 1.165) is 0 Å². The molecule has 0 aliphatic heterocycles. The Hall–Kier alpha value is 0. The zero-order valence-electron chi connectivity index (χ0n) is 21.9. The van der Waals surface area contributed by atoms with Crippen molar-refractivity contribution < 1.29 is 0 Å². The summed E-state index contributed by atoms with van der Waals surface area (Å²) >= 11 is 0. The van der Waals surface area contributed by atoms with Crippen molar-refractivity contribution in [3.8, 4) is 0 Å². The van der Waals surface area contributed by atoms with Gasteiger partial charge in [-0.15, -0.1) is 0 Å². The van der Waals surface area contributed by atoms with Crippen LogP contribution in [0.2, 0.25) is 0 Å². The van der Waals surface area contributed by atoms with Crippen LogP contribution in [0.15, 0.2) is 0 Å². The Bertz CT molecular complexity index is 282. The van der Waals surface area contributed by atoms with Gasteiger partial charge in [0.1, 0.15) is 0 Å². The molecular formula is C30H61. The molecule has 0 N–H and O–H groups in total. The van der Waals surface area contributed by atoms with Crippen molar-refractivity contribution in [2.75, 3.05) is 0 Å². The van der Waals surface area contributed by atoms with E-state index in [0.29, 0.717) is 0 Å². The number of unbranched alkanes of at least 4 members (excludes halogenated alkanes) is 22. The molecule has 0 saturated carbocycles. The molecule has 0 heteroatoms. The van der Waals surface area contributed by atoms with Gasteiger partial charge in [-0.1, -0.05) is 175 Å². The monoisotopic (exact) mass is 421 g/mol. The SMILES string of the molecule is CCCCCCCCCCCCCCCC[C](C)CCCCCCCCCCCC. The van der Waals surface area contributed by atoms with Gasteiger partial charge in [0.15, 0.2) is 0 Å². The third-order valence-electron chi connectivity index (χ3n) is 6.91. The van der Waals surface area contributed by atoms with E-state index < -0.39 is 0 Å². The summed E-state index contributed by atoms with van der Waals surface area (Å²) < 4.78 is 0. The van der Waals surface area contributed by atoms with Crippen molar-refractivity contribution in [1.82, 2.24) is 0 Å². The molecule has 0 heterocycles. The van der Waals surface area contributed by atoms with Crippen LogP contribution in [0.3, 0.4) is 0 Å². The van der Waals surface area contributed by atoms with Crippen LogP contribution in [0.4, 0.5) is 0 Å². The quantitative estimate of drug-likeness (QED) is 0.122. The average Bonchev–Trinajstić information content (AvgIpc) is 2.75. The molecule has 0 spiro atoms. The van der Waals surface area contributed by atoms with Gasteiger partial charge in [0.05, 0.1) is 0 Å². The van der Waals surface area contributed by atoms with Crippen LogP contribution in [0.25, 0.3) is 0 Å². The molecule has 0 rings (SSSR count). The Kier molecular flexibility index (Phi) is 27.0. The molecule has 0 aromatic heterocycles. The predicted octanol–water partition coefficient (Wildman–Crippen LogP) is 11.8. The molecule has 0 fully saturated rings. The fraction of sp³-hybridized carbons (Fsp3) is 0.967. The highest BCUT2D eigenvalue weighted by atomic mass is 14.1. The minimum atomic E-state index is 1.37. The predicted molar refractivity (Wildman–Crippen MR) is 140 cm³/mol. The van der Waals surface area contributed by atoms with Crippen molar-refractivity contribution in [3.63, 3.8) is 0 Å². The van der Waals surface area contributed by atoms with Crippen LogP contribution in [0.5, 0.6) is 0 Å². The molecule has 0 unspecified atom stereocenters. The van der Waals surface area contributed by atoms with Gasteiger partial charge < -0.3 is 0 Å². The first-order valence-corrected chi connectivity index (χ1v) is 14.6. The van der Waals surface area contributed by atoms with Crippen molar-refractivity contribution in [1.29, 1.82) is 0 Å². The lowest BCUT2D eigenvalue weighted by atomic mass is 9.95. The Labute approximate surface area is 193 Å². The van der Waals surface area contributed by atoms with Crippen molar-refractivity contribution in [3.05, 3.63) is 5.92 Å². The largest absolute Gasteiger partial charge is 0.0654 e. The Balaban J connectivity index is 3.12. The van der Waals surface area contributed by atoms with E-state index in [1.165, 1.54) is 167 Å². The van der Waals surface area contributed by atoms with E-state index >= 15 is 0 Å². The molecule has 0 aromatic carbocycles. The second-order valence-corrected chi connectivity index (χ2v) is 10.2. The summed E-state index contributed by atoms with van der Waals surface area (Å²) in [7, 11) is 0. The smallest absolute Gasteiger partial charge is 0.0272 e. The minimum Gasteiger partial charge on any atom is -0.0654 e. The topological polar surface area (TPSA) is 0 Å². The van der Waals surface area contributed by atoms with E-state index in [4.69, 9.17) is 0 Å². The van der Waals surface area contributed by atoms with E-state index in [1.54, 1.807) is 5.92 Å². The molecule has 0 atom stereocenters. The minimum absolute atomic E-state index is 1.37. The standard InChI is InChI=1S/C30H61/c1-4-6-8-10-12-14-16-17-18-19-21-23-25-27-29-30(3)28-26-24-22-20-15-13-11-9-7-5-2/h4-29H2,1-3H3. The summed E-state index contributed by atoms with van der Waals surface area (Å²) in [6, 6.07) is 0. The lowest BCUT2D eigenvalue weighted by molar-refractivity contribution is 0.525. The van der Waals surface area contributed by atoms with Gasteiger partial charge in [0.2, 0.25) is 0 Å². The highest BCUT2D eigenvalue weighted by Gasteiger charge is 2.03. The van der Waals surface area contributed by atoms with Crippen LogP contribution in [0.1, 0.15) is 188 Å². The van der Waals surface area contributed by atoms with Crippen LogP contribution in [0, 0.1) is 5.92 Å². The molecule has 0 bridgehead atoms. The van der Waals surface area contributed by atoms with Crippen molar-refractivity contribution in [2.24, 2.45) is 0 Å². The fourth-order valence-electron chi connectivity index (χ4n) is 4.66. The molecule has 0 amide bonds. The maximum absolute atomic E-state index is 2.41. The molecule has 30 heavy (non-hydrogen) atoms. The normalized spacial score (nSPS) is 11.6. The molecule has 0 aliphatic rings.